The number of thioether (sulfide) groups is 1. The zero-order chi connectivity index (χ0) is 23.5. The average Bonchev–Trinajstić information content (AvgIpc) is 3.00. The number of ether oxygens (including phenoxy) is 2. The third-order valence-electron chi connectivity index (χ3n) is 5.05. The molecule has 2 aliphatic heterocycles. The van der Waals surface area contributed by atoms with Gasteiger partial charge < -0.3 is 14.8 Å². The second kappa shape index (κ2) is 9.95. The van der Waals surface area contributed by atoms with E-state index in [9.17, 15) is 14.4 Å². The molecule has 0 bridgehead atoms. The summed E-state index contributed by atoms with van der Waals surface area (Å²) in [6, 6.07) is 5.21. The third kappa shape index (κ3) is 5.83. The second-order valence-corrected chi connectivity index (χ2v) is 10.1. The number of piperidine rings is 1. The molecule has 174 valence electrons. The molecule has 0 spiro atoms. The minimum absolute atomic E-state index is 0.00465. The van der Waals surface area contributed by atoms with Crippen LogP contribution in [0, 0.1) is 0 Å². The standard InChI is InChI=1S/C23H31N3O5S/c1-14(2)30-17-10-6-8-15(12-18-20(27)25-21(28)32-18)19(17)31-22(29)26(23(3,4)5)16-9-7-11-24-13-16/h6,8,10,12,14,16,24H,7,9,11,13H2,1-5H3,(H,25,27,28). The van der Waals surface area contributed by atoms with Gasteiger partial charge in [0, 0.05) is 23.7 Å². The molecule has 2 aliphatic rings. The minimum Gasteiger partial charge on any atom is -0.487 e. The molecule has 1 unspecified atom stereocenters. The fourth-order valence-corrected chi connectivity index (χ4v) is 4.50. The van der Waals surface area contributed by atoms with Gasteiger partial charge in [0.1, 0.15) is 0 Å². The van der Waals surface area contributed by atoms with E-state index in [1.807, 2.05) is 34.6 Å². The number of imide groups is 1. The highest BCUT2D eigenvalue weighted by molar-refractivity contribution is 8.18. The lowest BCUT2D eigenvalue weighted by Crippen LogP contribution is -2.57. The Hall–Kier alpha value is -2.52. The van der Waals surface area contributed by atoms with Crippen LogP contribution in [0.5, 0.6) is 11.5 Å². The van der Waals surface area contributed by atoms with Crippen molar-refractivity contribution < 1.29 is 23.9 Å². The molecule has 1 aromatic rings. The molecule has 0 radical (unpaired) electrons. The first kappa shape index (κ1) is 24.1. The fourth-order valence-electron chi connectivity index (χ4n) is 3.83. The van der Waals surface area contributed by atoms with Gasteiger partial charge in [0.25, 0.3) is 11.1 Å². The number of nitrogens with zero attached hydrogens (tertiary/aromatic N) is 1. The Morgan fingerprint density at radius 1 is 1.28 bits per heavy atom. The molecule has 9 heteroatoms. The van der Waals surface area contributed by atoms with E-state index >= 15 is 0 Å². The number of carbonyl (C=O) groups excluding carboxylic acids is 3. The van der Waals surface area contributed by atoms with Crippen LogP contribution in [-0.2, 0) is 4.79 Å². The van der Waals surface area contributed by atoms with Crippen LogP contribution >= 0.6 is 11.8 Å². The van der Waals surface area contributed by atoms with E-state index in [2.05, 4.69) is 10.6 Å². The van der Waals surface area contributed by atoms with E-state index in [0.717, 1.165) is 31.1 Å². The second-order valence-electron chi connectivity index (χ2n) is 9.10. The van der Waals surface area contributed by atoms with Crippen molar-refractivity contribution in [2.45, 2.75) is 65.1 Å². The molecule has 3 amide bonds. The predicted molar refractivity (Wildman–Crippen MR) is 125 cm³/mol. The summed E-state index contributed by atoms with van der Waals surface area (Å²) in [4.78, 5) is 39.1. The Bertz CT molecular complexity index is 917. The number of para-hydroxylation sites is 1. The van der Waals surface area contributed by atoms with E-state index in [4.69, 9.17) is 9.47 Å². The van der Waals surface area contributed by atoms with Gasteiger partial charge in [0.15, 0.2) is 11.5 Å². The van der Waals surface area contributed by atoms with Crippen molar-refractivity contribution in [3.05, 3.63) is 28.7 Å². The van der Waals surface area contributed by atoms with Gasteiger partial charge in [-0.2, -0.15) is 0 Å². The van der Waals surface area contributed by atoms with Crippen LogP contribution in [0.4, 0.5) is 9.59 Å². The average molecular weight is 462 g/mol. The van der Waals surface area contributed by atoms with Crippen LogP contribution < -0.4 is 20.1 Å². The monoisotopic (exact) mass is 461 g/mol. The minimum atomic E-state index is -0.481. The van der Waals surface area contributed by atoms with Gasteiger partial charge >= 0.3 is 6.09 Å². The summed E-state index contributed by atoms with van der Waals surface area (Å²) in [5.74, 6) is 0.148. The van der Waals surface area contributed by atoms with Gasteiger partial charge in [-0.25, -0.2) is 4.79 Å². The molecule has 32 heavy (non-hydrogen) atoms. The summed E-state index contributed by atoms with van der Waals surface area (Å²) in [5, 5.41) is 5.16. The van der Waals surface area contributed by atoms with Crippen LogP contribution in [0.15, 0.2) is 23.1 Å². The quantitative estimate of drug-likeness (QED) is 0.636. The molecule has 3 rings (SSSR count). The molecule has 8 nitrogen and oxygen atoms in total. The van der Waals surface area contributed by atoms with E-state index in [-0.39, 0.29) is 22.8 Å². The normalized spacial score (nSPS) is 20.4. The Morgan fingerprint density at radius 3 is 2.59 bits per heavy atom. The smallest absolute Gasteiger partial charge is 0.416 e. The Labute approximate surface area is 193 Å². The number of rotatable bonds is 5. The molecular weight excluding hydrogens is 430 g/mol. The van der Waals surface area contributed by atoms with E-state index in [1.54, 1.807) is 29.2 Å². The zero-order valence-corrected chi connectivity index (χ0v) is 20.0. The highest BCUT2D eigenvalue weighted by atomic mass is 32.2. The number of amides is 3. The van der Waals surface area contributed by atoms with Gasteiger partial charge in [-0.3, -0.25) is 19.8 Å². The molecule has 1 atom stereocenters. The summed E-state index contributed by atoms with van der Waals surface area (Å²) >= 11 is 0.811. The molecule has 2 fully saturated rings. The van der Waals surface area contributed by atoms with E-state index in [1.165, 1.54) is 0 Å². The summed E-state index contributed by atoms with van der Waals surface area (Å²) in [7, 11) is 0. The van der Waals surface area contributed by atoms with Crippen LogP contribution in [0.2, 0.25) is 0 Å². The first-order valence-electron chi connectivity index (χ1n) is 10.8. The summed E-state index contributed by atoms with van der Waals surface area (Å²) in [6.45, 7) is 11.3. The number of hydrogen-bond acceptors (Lipinski definition) is 7. The molecule has 0 saturated carbocycles. The Kier molecular flexibility index (Phi) is 7.51. The summed E-state index contributed by atoms with van der Waals surface area (Å²) < 4.78 is 11.9. The highest BCUT2D eigenvalue weighted by Gasteiger charge is 2.36. The first-order valence-corrected chi connectivity index (χ1v) is 11.6. The van der Waals surface area contributed by atoms with Gasteiger partial charge in [0.2, 0.25) is 0 Å². The van der Waals surface area contributed by atoms with Gasteiger partial charge in [0.05, 0.1) is 11.0 Å². The van der Waals surface area contributed by atoms with Crippen molar-refractivity contribution >= 4 is 35.1 Å². The molecule has 0 aromatic heterocycles. The third-order valence-corrected chi connectivity index (χ3v) is 5.86. The van der Waals surface area contributed by atoms with Crippen molar-refractivity contribution in [3.63, 3.8) is 0 Å². The molecule has 0 aliphatic carbocycles. The van der Waals surface area contributed by atoms with Crippen molar-refractivity contribution in [1.82, 2.24) is 15.5 Å². The molecular formula is C23H31N3O5S. The lowest BCUT2D eigenvalue weighted by Gasteiger charge is -2.42. The Morgan fingerprint density at radius 2 is 2.03 bits per heavy atom. The largest absolute Gasteiger partial charge is 0.487 e. The van der Waals surface area contributed by atoms with Crippen molar-refractivity contribution in [1.29, 1.82) is 0 Å². The molecule has 2 N–H and O–H groups in total. The van der Waals surface area contributed by atoms with Gasteiger partial charge in [-0.1, -0.05) is 12.1 Å². The van der Waals surface area contributed by atoms with Crippen molar-refractivity contribution in [2.75, 3.05) is 13.1 Å². The maximum atomic E-state index is 13.5. The van der Waals surface area contributed by atoms with Crippen LogP contribution in [0.1, 0.15) is 53.0 Å². The Balaban J connectivity index is 1.98. The van der Waals surface area contributed by atoms with Crippen LogP contribution in [0.3, 0.4) is 0 Å². The van der Waals surface area contributed by atoms with E-state index < -0.39 is 22.8 Å². The lowest BCUT2D eigenvalue weighted by atomic mass is 9.99. The van der Waals surface area contributed by atoms with Gasteiger partial charge in [-0.15, -0.1) is 0 Å². The number of nitrogens with one attached hydrogen (secondary N) is 2. The van der Waals surface area contributed by atoms with Crippen LogP contribution in [-0.4, -0.2) is 52.9 Å². The SMILES string of the molecule is CC(C)Oc1cccc(C=C2SC(=O)NC2=O)c1OC(=O)N(C1CCCNC1)C(C)(C)C. The predicted octanol–water partition coefficient (Wildman–Crippen LogP) is 4.15. The zero-order valence-electron chi connectivity index (χ0n) is 19.2. The van der Waals surface area contributed by atoms with Gasteiger partial charge in [-0.05, 0) is 77.9 Å². The summed E-state index contributed by atoms with van der Waals surface area (Å²) in [5.41, 5.74) is 0.0281. The topological polar surface area (TPSA) is 97.0 Å². The summed E-state index contributed by atoms with van der Waals surface area (Å²) in [6.07, 6.45) is 2.78. The molecule has 1 aromatic carbocycles. The number of benzene rings is 1. The first-order chi connectivity index (χ1) is 15.1. The molecule has 2 saturated heterocycles. The maximum Gasteiger partial charge on any atom is 0.416 e. The van der Waals surface area contributed by atoms with Crippen LogP contribution in [0.25, 0.3) is 6.08 Å². The van der Waals surface area contributed by atoms with Crippen molar-refractivity contribution in [3.8, 4) is 11.5 Å². The van der Waals surface area contributed by atoms with Crippen molar-refractivity contribution in [2.24, 2.45) is 0 Å². The fraction of sp³-hybridized carbons (Fsp3) is 0.522. The number of carbonyl (C=O) groups is 3. The highest BCUT2D eigenvalue weighted by Crippen LogP contribution is 2.37. The number of hydrogen-bond donors (Lipinski definition) is 2. The lowest BCUT2D eigenvalue weighted by molar-refractivity contribution is -0.115. The van der Waals surface area contributed by atoms with E-state index in [0.29, 0.717) is 17.9 Å². The molecule has 2 heterocycles. The maximum absolute atomic E-state index is 13.5.